The van der Waals surface area contributed by atoms with Crippen LogP contribution < -0.4 is 5.32 Å². The molecule has 0 aliphatic heterocycles. The summed E-state index contributed by atoms with van der Waals surface area (Å²) in [5.41, 5.74) is 1.26. The molecule has 0 aromatic carbocycles. The van der Waals surface area contributed by atoms with Gasteiger partial charge in [0, 0.05) is 0 Å². The molecule has 0 fully saturated rings. The first-order valence-corrected chi connectivity index (χ1v) is 5.57. The number of hydrogen-bond acceptors (Lipinski definition) is 2. The Kier molecular flexibility index (Phi) is 4.74. The first-order valence-electron chi connectivity index (χ1n) is 5.57. The van der Waals surface area contributed by atoms with Gasteiger partial charge in [-0.05, 0) is 31.5 Å². The number of nitrogens with one attached hydrogen (secondary N) is 1. The van der Waals surface area contributed by atoms with Crippen LogP contribution in [-0.4, -0.2) is 6.54 Å². The Bertz CT molecular complexity index is 255. The van der Waals surface area contributed by atoms with Crippen molar-refractivity contribution in [2.24, 2.45) is 0 Å². The maximum atomic E-state index is 5.51. The van der Waals surface area contributed by atoms with Gasteiger partial charge in [0.25, 0.3) is 0 Å². The molecule has 0 aliphatic rings. The molecule has 1 rings (SSSR count). The van der Waals surface area contributed by atoms with E-state index in [0.717, 1.165) is 12.3 Å². The van der Waals surface area contributed by atoms with Gasteiger partial charge in [0.05, 0.1) is 12.3 Å². The highest BCUT2D eigenvalue weighted by Gasteiger charge is 2.14. The molecule has 0 spiro atoms. The van der Waals surface area contributed by atoms with Crippen molar-refractivity contribution in [3.8, 4) is 0 Å². The van der Waals surface area contributed by atoms with Crippen LogP contribution in [0.25, 0.3) is 0 Å². The minimum absolute atomic E-state index is 0.398. The van der Waals surface area contributed by atoms with Crippen molar-refractivity contribution in [1.82, 2.24) is 5.32 Å². The minimum Gasteiger partial charge on any atom is -0.467 e. The summed E-state index contributed by atoms with van der Waals surface area (Å²) in [6.45, 7) is 7.46. The van der Waals surface area contributed by atoms with Gasteiger partial charge in [-0.1, -0.05) is 26.7 Å². The molecular formula is C12H21NO. The highest BCUT2D eigenvalue weighted by Crippen LogP contribution is 2.23. The summed E-state index contributed by atoms with van der Waals surface area (Å²) < 4.78 is 5.51. The summed E-state index contributed by atoms with van der Waals surface area (Å²) >= 11 is 0. The average molecular weight is 195 g/mol. The van der Waals surface area contributed by atoms with Gasteiger partial charge >= 0.3 is 0 Å². The minimum atomic E-state index is 0.398. The van der Waals surface area contributed by atoms with E-state index in [-0.39, 0.29) is 0 Å². The van der Waals surface area contributed by atoms with Crippen LogP contribution in [0.15, 0.2) is 16.7 Å². The summed E-state index contributed by atoms with van der Waals surface area (Å²) in [6.07, 6.45) is 5.43. The van der Waals surface area contributed by atoms with Gasteiger partial charge in [-0.3, -0.25) is 0 Å². The van der Waals surface area contributed by atoms with Crippen molar-refractivity contribution in [3.05, 3.63) is 23.7 Å². The predicted molar refractivity (Wildman–Crippen MR) is 59.4 cm³/mol. The Hall–Kier alpha value is -0.760. The molecule has 1 aromatic heterocycles. The van der Waals surface area contributed by atoms with Gasteiger partial charge in [0.2, 0.25) is 0 Å². The van der Waals surface area contributed by atoms with E-state index in [2.05, 4.69) is 26.1 Å². The molecule has 0 bridgehead atoms. The summed E-state index contributed by atoms with van der Waals surface area (Å²) in [5, 5.41) is 3.47. The summed E-state index contributed by atoms with van der Waals surface area (Å²) in [4.78, 5) is 0. The van der Waals surface area contributed by atoms with Crippen LogP contribution in [0, 0.1) is 6.92 Å². The van der Waals surface area contributed by atoms with E-state index in [1.807, 2.05) is 6.07 Å². The lowest BCUT2D eigenvalue weighted by Crippen LogP contribution is -2.20. The summed E-state index contributed by atoms with van der Waals surface area (Å²) in [5.74, 6) is 1.11. The van der Waals surface area contributed by atoms with E-state index in [1.165, 1.54) is 24.8 Å². The van der Waals surface area contributed by atoms with E-state index in [4.69, 9.17) is 4.42 Å². The fourth-order valence-corrected chi connectivity index (χ4v) is 1.72. The maximum Gasteiger partial charge on any atom is 0.123 e. The van der Waals surface area contributed by atoms with Gasteiger partial charge in [-0.25, -0.2) is 0 Å². The van der Waals surface area contributed by atoms with Crippen LogP contribution in [-0.2, 0) is 0 Å². The Morgan fingerprint density at radius 3 is 2.71 bits per heavy atom. The molecule has 1 unspecified atom stereocenters. The van der Waals surface area contributed by atoms with E-state index in [0.29, 0.717) is 6.04 Å². The van der Waals surface area contributed by atoms with Crippen LogP contribution >= 0.6 is 0 Å². The van der Waals surface area contributed by atoms with Gasteiger partial charge in [-0.2, -0.15) is 0 Å². The van der Waals surface area contributed by atoms with Crippen LogP contribution in [0.4, 0.5) is 0 Å². The van der Waals surface area contributed by atoms with Crippen LogP contribution in [0.3, 0.4) is 0 Å². The van der Waals surface area contributed by atoms with Crippen molar-refractivity contribution in [1.29, 1.82) is 0 Å². The Morgan fingerprint density at radius 2 is 2.21 bits per heavy atom. The summed E-state index contributed by atoms with van der Waals surface area (Å²) in [7, 11) is 0. The zero-order valence-electron chi connectivity index (χ0n) is 9.47. The Morgan fingerprint density at radius 1 is 1.43 bits per heavy atom. The van der Waals surface area contributed by atoms with Crippen molar-refractivity contribution >= 4 is 0 Å². The largest absolute Gasteiger partial charge is 0.467 e. The standard InChI is InChI=1S/C12H21NO/c1-4-6-7-11(13-5-2)12-10(3)8-9-14-12/h8-9,11,13H,4-7H2,1-3H3. The monoisotopic (exact) mass is 195 g/mol. The number of unbranched alkanes of at least 4 members (excludes halogenated alkanes) is 1. The second-order valence-corrected chi connectivity index (χ2v) is 3.72. The molecule has 1 atom stereocenters. The molecule has 0 amide bonds. The molecule has 80 valence electrons. The first kappa shape index (κ1) is 11.3. The number of hydrogen-bond donors (Lipinski definition) is 1. The van der Waals surface area contributed by atoms with E-state index in [1.54, 1.807) is 6.26 Å². The average Bonchev–Trinajstić information content (AvgIpc) is 2.59. The number of furan rings is 1. The molecule has 1 heterocycles. The van der Waals surface area contributed by atoms with Gasteiger partial charge in [0.15, 0.2) is 0 Å². The molecule has 0 radical (unpaired) electrons. The lowest BCUT2D eigenvalue weighted by molar-refractivity contribution is 0.391. The topological polar surface area (TPSA) is 25.2 Å². The quantitative estimate of drug-likeness (QED) is 0.752. The zero-order valence-corrected chi connectivity index (χ0v) is 9.47. The number of aryl methyl sites for hydroxylation is 1. The second kappa shape index (κ2) is 5.86. The van der Waals surface area contributed by atoms with Crippen LogP contribution in [0.5, 0.6) is 0 Å². The molecule has 0 aliphatic carbocycles. The molecule has 0 saturated heterocycles. The number of rotatable bonds is 6. The van der Waals surface area contributed by atoms with Crippen LogP contribution in [0.1, 0.15) is 50.5 Å². The van der Waals surface area contributed by atoms with Crippen molar-refractivity contribution in [2.75, 3.05) is 6.54 Å². The van der Waals surface area contributed by atoms with E-state index in [9.17, 15) is 0 Å². The predicted octanol–water partition coefficient (Wildman–Crippen LogP) is 3.43. The van der Waals surface area contributed by atoms with Crippen molar-refractivity contribution in [3.63, 3.8) is 0 Å². The molecule has 0 saturated carbocycles. The van der Waals surface area contributed by atoms with Gasteiger partial charge in [-0.15, -0.1) is 0 Å². The molecule has 1 aromatic rings. The van der Waals surface area contributed by atoms with Gasteiger partial charge in [0.1, 0.15) is 5.76 Å². The van der Waals surface area contributed by atoms with Gasteiger partial charge < -0.3 is 9.73 Å². The van der Waals surface area contributed by atoms with E-state index < -0.39 is 0 Å². The summed E-state index contributed by atoms with van der Waals surface area (Å²) in [6, 6.07) is 2.43. The zero-order chi connectivity index (χ0) is 10.4. The fourth-order valence-electron chi connectivity index (χ4n) is 1.72. The maximum absolute atomic E-state index is 5.51. The fraction of sp³-hybridized carbons (Fsp3) is 0.667. The van der Waals surface area contributed by atoms with Crippen molar-refractivity contribution < 1.29 is 4.42 Å². The third-order valence-corrected chi connectivity index (χ3v) is 2.52. The molecule has 2 nitrogen and oxygen atoms in total. The second-order valence-electron chi connectivity index (χ2n) is 3.72. The third-order valence-electron chi connectivity index (χ3n) is 2.52. The lowest BCUT2D eigenvalue weighted by Gasteiger charge is -2.15. The Balaban J connectivity index is 2.62. The molecular weight excluding hydrogens is 174 g/mol. The highest BCUT2D eigenvalue weighted by molar-refractivity contribution is 5.18. The smallest absolute Gasteiger partial charge is 0.123 e. The highest BCUT2D eigenvalue weighted by atomic mass is 16.3. The lowest BCUT2D eigenvalue weighted by atomic mass is 10.0. The molecule has 2 heteroatoms. The Labute approximate surface area is 86.7 Å². The van der Waals surface area contributed by atoms with Crippen LogP contribution in [0.2, 0.25) is 0 Å². The molecule has 14 heavy (non-hydrogen) atoms. The van der Waals surface area contributed by atoms with Crippen molar-refractivity contribution in [2.45, 2.75) is 46.1 Å². The molecule has 1 N–H and O–H groups in total. The van der Waals surface area contributed by atoms with E-state index >= 15 is 0 Å². The third kappa shape index (κ3) is 2.88. The first-order chi connectivity index (χ1) is 6.79. The normalized spacial score (nSPS) is 13.1. The SMILES string of the molecule is CCCCC(NCC)c1occc1C.